The minimum absolute atomic E-state index is 0.0202. The lowest BCUT2D eigenvalue weighted by molar-refractivity contribution is -0.134. The van der Waals surface area contributed by atoms with E-state index in [0.717, 1.165) is 16.7 Å². The second-order valence-corrected chi connectivity index (χ2v) is 11.6. The second-order valence-electron chi connectivity index (χ2n) is 8.48. The SMILES string of the molecule is O=C(NO)C1(S(=O)(=O)c2ccc(OCCc3cccc(-c4cc(Cl)cc(Cl)c4)c3)cc2)CCOCC1. The van der Waals surface area contributed by atoms with Crippen LogP contribution in [0.15, 0.2) is 71.6 Å². The summed E-state index contributed by atoms with van der Waals surface area (Å²) in [5.74, 6) is -0.451. The molecular weight excluding hydrogens is 525 g/mol. The number of ether oxygens (including phenoxy) is 2. The van der Waals surface area contributed by atoms with Gasteiger partial charge in [-0.1, -0.05) is 47.5 Å². The highest BCUT2D eigenvalue weighted by Crippen LogP contribution is 2.36. The van der Waals surface area contributed by atoms with Gasteiger partial charge in [-0.05, 0) is 72.0 Å². The maximum absolute atomic E-state index is 13.3. The monoisotopic (exact) mass is 549 g/mol. The molecule has 0 radical (unpaired) electrons. The van der Waals surface area contributed by atoms with Crippen molar-refractivity contribution in [3.8, 4) is 16.9 Å². The van der Waals surface area contributed by atoms with E-state index < -0.39 is 20.5 Å². The first-order valence-electron chi connectivity index (χ1n) is 11.3. The zero-order valence-electron chi connectivity index (χ0n) is 19.2. The molecule has 0 aliphatic carbocycles. The number of hydroxylamine groups is 1. The fourth-order valence-corrected chi connectivity index (χ4v) is 6.74. The van der Waals surface area contributed by atoms with Crippen molar-refractivity contribution in [2.45, 2.75) is 28.9 Å². The van der Waals surface area contributed by atoms with Gasteiger partial charge in [0.05, 0.1) is 11.5 Å². The lowest BCUT2D eigenvalue weighted by atomic mass is 9.98. The Morgan fingerprint density at radius 1 is 0.972 bits per heavy atom. The summed E-state index contributed by atoms with van der Waals surface area (Å²) in [5.41, 5.74) is 4.48. The van der Waals surface area contributed by atoms with Crippen molar-refractivity contribution in [3.63, 3.8) is 0 Å². The Balaban J connectivity index is 1.42. The Labute approximate surface area is 219 Å². The summed E-state index contributed by atoms with van der Waals surface area (Å²) in [6.45, 7) is 0.596. The molecule has 190 valence electrons. The fourth-order valence-electron chi connectivity index (χ4n) is 4.28. The number of hydrogen-bond acceptors (Lipinski definition) is 6. The van der Waals surface area contributed by atoms with E-state index in [2.05, 4.69) is 0 Å². The van der Waals surface area contributed by atoms with E-state index in [-0.39, 0.29) is 31.0 Å². The quantitative estimate of drug-likeness (QED) is 0.299. The summed E-state index contributed by atoms with van der Waals surface area (Å²) in [6, 6.07) is 19.3. The van der Waals surface area contributed by atoms with E-state index >= 15 is 0 Å². The molecule has 10 heteroatoms. The predicted molar refractivity (Wildman–Crippen MR) is 137 cm³/mol. The molecule has 0 saturated carbocycles. The van der Waals surface area contributed by atoms with Crippen molar-refractivity contribution in [1.82, 2.24) is 5.48 Å². The van der Waals surface area contributed by atoms with Crippen LogP contribution in [0.5, 0.6) is 5.75 Å². The topological polar surface area (TPSA) is 102 Å². The van der Waals surface area contributed by atoms with Crippen LogP contribution < -0.4 is 10.2 Å². The fraction of sp³-hybridized carbons (Fsp3) is 0.269. The highest BCUT2D eigenvalue weighted by Gasteiger charge is 2.52. The molecule has 3 aromatic carbocycles. The molecule has 1 aliphatic rings. The van der Waals surface area contributed by atoms with Crippen LogP contribution in [0.4, 0.5) is 0 Å². The highest BCUT2D eigenvalue weighted by atomic mass is 35.5. The molecule has 1 heterocycles. The van der Waals surface area contributed by atoms with Gasteiger partial charge in [0, 0.05) is 29.7 Å². The molecule has 0 aromatic heterocycles. The molecule has 7 nitrogen and oxygen atoms in total. The second kappa shape index (κ2) is 11.2. The highest BCUT2D eigenvalue weighted by molar-refractivity contribution is 7.93. The molecule has 3 aromatic rings. The third kappa shape index (κ3) is 5.53. The van der Waals surface area contributed by atoms with Crippen LogP contribution in [-0.2, 0) is 25.8 Å². The van der Waals surface area contributed by atoms with E-state index in [9.17, 15) is 13.2 Å². The number of carbonyl (C=O) groups excluding carboxylic acids is 1. The van der Waals surface area contributed by atoms with E-state index in [1.54, 1.807) is 18.2 Å². The summed E-state index contributed by atoms with van der Waals surface area (Å²) in [7, 11) is -4.08. The molecule has 1 saturated heterocycles. The van der Waals surface area contributed by atoms with Crippen molar-refractivity contribution < 1.29 is 27.9 Å². The Morgan fingerprint density at radius 2 is 1.64 bits per heavy atom. The predicted octanol–water partition coefficient (Wildman–Crippen LogP) is 5.11. The molecule has 1 amide bonds. The van der Waals surface area contributed by atoms with Gasteiger partial charge >= 0.3 is 0 Å². The molecule has 0 unspecified atom stereocenters. The standard InChI is InChI=1S/C26H25Cl2NO6S/c27-21-15-20(16-22(28)17-21)19-3-1-2-18(14-19)8-11-35-23-4-6-24(7-5-23)36(32,33)26(25(30)29-31)9-12-34-13-10-26/h1-7,14-17,31H,8-13H2,(H,29,30). The van der Waals surface area contributed by atoms with Gasteiger partial charge < -0.3 is 9.47 Å². The van der Waals surface area contributed by atoms with E-state index in [1.165, 1.54) is 17.6 Å². The Hall–Kier alpha value is -2.62. The van der Waals surface area contributed by atoms with Crippen molar-refractivity contribution in [2.75, 3.05) is 19.8 Å². The zero-order valence-corrected chi connectivity index (χ0v) is 21.6. The van der Waals surface area contributed by atoms with Crippen LogP contribution >= 0.6 is 23.2 Å². The molecule has 2 N–H and O–H groups in total. The normalized spacial score (nSPS) is 15.3. The molecule has 0 spiro atoms. The largest absolute Gasteiger partial charge is 0.493 e. The van der Waals surface area contributed by atoms with Crippen molar-refractivity contribution in [2.24, 2.45) is 0 Å². The molecule has 4 rings (SSSR count). The van der Waals surface area contributed by atoms with Crippen molar-refractivity contribution >= 4 is 38.9 Å². The molecular formula is C26H25Cl2NO6S. The average molecular weight is 550 g/mol. The van der Waals surface area contributed by atoms with Crippen molar-refractivity contribution in [1.29, 1.82) is 0 Å². The number of rotatable bonds is 8. The summed E-state index contributed by atoms with van der Waals surface area (Å²) >= 11 is 12.3. The van der Waals surface area contributed by atoms with E-state index in [0.29, 0.717) is 28.8 Å². The Bertz CT molecular complexity index is 1320. The first-order valence-corrected chi connectivity index (χ1v) is 13.5. The third-order valence-corrected chi connectivity index (χ3v) is 9.20. The summed E-state index contributed by atoms with van der Waals surface area (Å²) in [6.07, 6.45) is 0.544. The molecule has 36 heavy (non-hydrogen) atoms. The number of nitrogens with one attached hydrogen (secondary N) is 1. The molecule has 1 aliphatic heterocycles. The van der Waals surface area contributed by atoms with E-state index in [4.69, 9.17) is 37.9 Å². The van der Waals surface area contributed by atoms with Crippen LogP contribution in [0.25, 0.3) is 11.1 Å². The van der Waals surface area contributed by atoms with Crippen LogP contribution in [0.3, 0.4) is 0 Å². The lowest BCUT2D eigenvalue weighted by Crippen LogP contribution is -2.54. The summed E-state index contributed by atoms with van der Waals surface area (Å²) in [5, 5.41) is 10.3. The number of sulfone groups is 1. The molecule has 0 atom stereocenters. The first kappa shape index (κ1) is 26.4. The maximum Gasteiger partial charge on any atom is 0.265 e. The van der Waals surface area contributed by atoms with Gasteiger partial charge in [-0.25, -0.2) is 13.9 Å². The maximum atomic E-state index is 13.3. The zero-order chi connectivity index (χ0) is 25.8. The number of halogens is 2. The van der Waals surface area contributed by atoms with E-state index in [1.807, 2.05) is 36.4 Å². The Kier molecular flexibility index (Phi) is 8.22. The van der Waals surface area contributed by atoms with Gasteiger partial charge in [-0.2, -0.15) is 0 Å². The number of amides is 1. The van der Waals surface area contributed by atoms with Crippen LogP contribution in [0, 0.1) is 0 Å². The number of carbonyl (C=O) groups is 1. The van der Waals surface area contributed by atoms with Crippen LogP contribution in [0.2, 0.25) is 10.0 Å². The number of benzene rings is 3. The van der Waals surface area contributed by atoms with Gasteiger partial charge in [0.15, 0.2) is 14.6 Å². The van der Waals surface area contributed by atoms with Crippen LogP contribution in [0.1, 0.15) is 18.4 Å². The Morgan fingerprint density at radius 3 is 2.28 bits per heavy atom. The molecule has 0 bridgehead atoms. The summed E-state index contributed by atoms with van der Waals surface area (Å²) < 4.78 is 35.9. The van der Waals surface area contributed by atoms with Gasteiger partial charge in [-0.15, -0.1) is 0 Å². The lowest BCUT2D eigenvalue weighted by Gasteiger charge is -2.34. The smallest absolute Gasteiger partial charge is 0.265 e. The van der Waals surface area contributed by atoms with Gasteiger partial charge in [0.2, 0.25) is 0 Å². The molecule has 1 fully saturated rings. The minimum Gasteiger partial charge on any atom is -0.493 e. The van der Waals surface area contributed by atoms with Gasteiger partial charge in [-0.3, -0.25) is 10.0 Å². The van der Waals surface area contributed by atoms with Crippen molar-refractivity contribution in [3.05, 3.63) is 82.3 Å². The van der Waals surface area contributed by atoms with Gasteiger partial charge in [0.1, 0.15) is 5.75 Å². The number of hydrogen-bond donors (Lipinski definition) is 2. The third-order valence-electron chi connectivity index (χ3n) is 6.25. The summed E-state index contributed by atoms with van der Waals surface area (Å²) in [4.78, 5) is 12.3. The van der Waals surface area contributed by atoms with Gasteiger partial charge in [0.25, 0.3) is 5.91 Å². The minimum atomic E-state index is -4.08. The average Bonchev–Trinajstić information content (AvgIpc) is 2.88. The first-order chi connectivity index (χ1) is 17.2. The van der Waals surface area contributed by atoms with Crippen LogP contribution in [-0.4, -0.2) is 44.1 Å².